The number of rotatable bonds is 25. The molecule has 44 nitrogen and oxygen atoms in total. The fourth-order valence-electron chi connectivity index (χ4n) is 12.9. The highest BCUT2D eigenvalue weighted by Gasteiger charge is 2.60. The van der Waals surface area contributed by atoms with E-state index in [4.69, 9.17) is 71.1 Å². The van der Waals surface area contributed by atoms with Crippen molar-refractivity contribution >= 4 is 23.6 Å². The van der Waals surface area contributed by atoms with E-state index in [-0.39, 0.29) is 0 Å². The lowest BCUT2D eigenvalue weighted by atomic mass is 9.93. The summed E-state index contributed by atoms with van der Waals surface area (Å²) < 4.78 is 87.4. The van der Waals surface area contributed by atoms with Crippen LogP contribution in [0.3, 0.4) is 0 Å². The summed E-state index contributed by atoms with van der Waals surface area (Å²) in [7, 11) is 0. The molecule has 40 atom stereocenters. The van der Waals surface area contributed by atoms with Gasteiger partial charge in [0.1, 0.15) is 189 Å². The molecule has 8 rings (SSSR count). The zero-order valence-electron chi connectivity index (χ0n) is 54.2. The maximum absolute atomic E-state index is 12.9. The second-order valence-electron chi connectivity index (χ2n) is 25.3. The van der Waals surface area contributed by atoms with E-state index >= 15 is 0 Å². The van der Waals surface area contributed by atoms with Crippen molar-refractivity contribution in [3.05, 3.63) is 0 Å². The molecule has 0 aromatic rings. The second kappa shape index (κ2) is 35.7. The fraction of sp³-hybridized carbons (Fsp3) is 0.929. The van der Waals surface area contributed by atoms with Crippen LogP contribution in [0, 0.1) is 0 Å². The molecule has 8 saturated heterocycles. The van der Waals surface area contributed by atoms with Gasteiger partial charge >= 0.3 is 0 Å². The van der Waals surface area contributed by atoms with Gasteiger partial charge in [-0.15, -0.1) is 0 Å². The number of hydrogen-bond acceptors (Lipinski definition) is 40. The van der Waals surface area contributed by atoms with Crippen LogP contribution in [0.4, 0.5) is 0 Å². The van der Waals surface area contributed by atoms with Crippen LogP contribution in [-0.4, -0.2) is 423 Å². The minimum Gasteiger partial charge on any atom is -0.394 e. The Kier molecular flexibility index (Phi) is 29.3. The Morgan fingerprint density at radius 2 is 0.610 bits per heavy atom. The number of aliphatic hydroxyl groups is 21. The first-order valence-corrected chi connectivity index (χ1v) is 32.0. The van der Waals surface area contributed by atoms with Crippen LogP contribution in [0.5, 0.6) is 0 Å². The molecule has 100 heavy (non-hydrogen) atoms. The van der Waals surface area contributed by atoms with Gasteiger partial charge in [0.2, 0.25) is 23.6 Å². The summed E-state index contributed by atoms with van der Waals surface area (Å²) in [5.41, 5.74) is 0. The highest BCUT2D eigenvalue weighted by Crippen LogP contribution is 2.39. The average molecular weight is 1460 g/mol. The van der Waals surface area contributed by atoms with Crippen molar-refractivity contribution in [3.8, 4) is 0 Å². The van der Waals surface area contributed by atoms with Crippen molar-refractivity contribution in [2.75, 3.05) is 46.2 Å². The zero-order chi connectivity index (χ0) is 73.8. The van der Waals surface area contributed by atoms with E-state index in [1.807, 2.05) is 0 Å². The van der Waals surface area contributed by atoms with Gasteiger partial charge < -0.3 is 200 Å². The van der Waals surface area contributed by atoms with Crippen molar-refractivity contribution in [1.29, 1.82) is 0 Å². The van der Waals surface area contributed by atoms with E-state index in [1.54, 1.807) is 0 Å². The molecule has 0 radical (unpaired) electrons. The van der Waals surface area contributed by atoms with Crippen LogP contribution in [0.25, 0.3) is 0 Å². The molecule has 8 aliphatic rings. The predicted octanol–water partition coefficient (Wildman–Crippen LogP) is -16.8. The Labute approximate surface area is 567 Å². The summed E-state index contributed by atoms with van der Waals surface area (Å²) >= 11 is 0. The van der Waals surface area contributed by atoms with Gasteiger partial charge in [-0.2, -0.15) is 0 Å². The summed E-state index contributed by atoms with van der Waals surface area (Å²) in [5.74, 6) is -3.41. The van der Waals surface area contributed by atoms with Gasteiger partial charge in [0.25, 0.3) is 0 Å². The first kappa shape index (κ1) is 82.1. The molecule has 0 aromatic carbocycles. The molecule has 8 aliphatic heterocycles. The third-order valence-corrected chi connectivity index (χ3v) is 18.2. The van der Waals surface area contributed by atoms with Gasteiger partial charge in [-0.05, 0) is 6.92 Å². The molecule has 0 saturated carbocycles. The third-order valence-electron chi connectivity index (χ3n) is 18.2. The molecular weight excluding hydrogens is 1370 g/mol. The van der Waals surface area contributed by atoms with Crippen LogP contribution in [0.2, 0.25) is 0 Å². The summed E-state index contributed by atoms with van der Waals surface area (Å²) in [6, 6.07) is -7.05. The lowest BCUT2D eigenvalue weighted by Gasteiger charge is -2.50. The summed E-state index contributed by atoms with van der Waals surface area (Å²) in [6.45, 7) is -1.77. The fourth-order valence-corrected chi connectivity index (χ4v) is 12.9. The molecule has 8 heterocycles. The van der Waals surface area contributed by atoms with E-state index in [2.05, 4.69) is 21.3 Å². The molecular formula is C56H94N4O40. The van der Waals surface area contributed by atoms with Gasteiger partial charge in [-0.25, -0.2) is 0 Å². The minimum absolute atomic E-state index is 0.772. The number of hydrogen-bond donors (Lipinski definition) is 25. The van der Waals surface area contributed by atoms with Gasteiger partial charge in [-0.3, -0.25) is 19.2 Å². The summed E-state index contributed by atoms with van der Waals surface area (Å²) in [6.07, 6.45) is -69.2. The van der Waals surface area contributed by atoms with Gasteiger partial charge in [0.15, 0.2) is 50.3 Å². The van der Waals surface area contributed by atoms with Crippen molar-refractivity contribution in [2.45, 2.75) is 280 Å². The quantitative estimate of drug-likeness (QED) is 0.0404. The van der Waals surface area contributed by atoms with Crippen LogP contribution in [-0.2, 0) is 90.2 Å². The molecule has 0 bridgehead atoms. The number of ether oxygens (including phenoxy) is 15. The molecule has 1 unspecified atom stereocenters. The van der Waals surface area contributed by atoms with E-state index in [0.29, 0.717) is 0 Å². The maximum Gasteiger partial charge on any atom is 0.217 e. The normalized spacial score (nSPS) is 48.7. The predicted molar refractivity (Wildman–Crippen MR) is 309 cm³/mol. The lowest BCUT2D eigenvalue weighted by Crippen LogP contribution is -2.71. The summed E-state index contributed by atoms with van der Waals surface area (Å²) in [4.78, 5) is 50.4. The van der Waals surface area contributed by atoms with E-state index in [0.717, 1.165) is 27.7 Å². The topological polar surface area (TPSA) is 680 Å². The van der Waals surface area contributed by atoms with Gasteiger partial charge in [0.05, 0.1) is 52.4 Å². The monoisotopic (exact) mass is 1460 g/mol. The van der Waals surface area contributed by atoms with Crippen LogP contribution < -0.4 is 21.3 Å². The third kappa shape index (κ3) is 18.1. The van der Waals surface area contributed by atoms with E-state index in [1.165, 1.54) is 6.92 Å². The minimum atomic E-state index is -2.33. The molecule has 4 amide bonds. The van der Waals surface area contributed by atoms with E-state index in [9.17, 15) is 126 Å². The molecule has 0 spiro atoms. The first-order valence-electron chi connectivity index (χ1n) is 32.0. The molecule has 44 heteroatoms. The smallest absolute Gasteiger partial charge is 0.217 e. The van der Waals surface area contributed by atoms with Crippen LogP contribution >= 0.6 is 0 Å². The number of amides is 4. The standard InChI is InChI=1S/C56H94N4O40/c1-13-29(71)38(80)40(82)53(87-13)100-48-39(81)31(73)19(7-62)92-56(48)96-44-22(10-65)93-50(26(36(44)78)58-15(3)68)86-12-24-34(76)45(28(49(85)88-24)60-17(5)70)97-55-42(84)47(33(75)21(9-64)91-55)99-52-27(59-16(4)69)37(79)43(23(11-66)94-52)95-54-41(83)46(32(74)20(8-63)90-54)98-51-25(57-14(2)67)35(77)30(72)18(6-61)89-51/h13,18-56,61-66,71-85H,6-12H2,1-5H3,(H,57,67)(H,58,68)(H,59,69)(H,60,70)/t13-,18+,19+,20+,21+,22+,23+,24+,25+,26+,27+,28+,29+,30+,31-,32-,33-,34-,35+,36+,37+,38+,39-,40-,41+,42+,43+,44+,45+,46-,47-,48+,49?,50+,51-,52-,53-,54-,55-,56-/m0/s1. The second-order valence-corrected chi connectivity index (χ2v) is 25.3. The van der Waals surface area contributed by atoms with Gasteiger partial charge in [0, 0.05) is 27.7 Å². The number of aliphatic hydroxyl groups excluding tert-OH is 21. The molecule has 578 valence electrons. The molecule has 0 aliphatic carbocycles. The number of carbonyl (C=O) groups is 4. The van der Waals surface area contributed by atoms with Crippen molar-refractivity contribution in [2.24, 2.45) is 0 Å². The SMILES string of the molecule is CC(=O)N[C@H]1[C@H](O[C@H]2[C@@H](O)[C@@H](CO)O[C@@H](O[C@H]3[C@@H](O)[C@@H](CO[C@@H]4O[C@H](CO)[C@@H](O[C@@H]5O[C@H](CO)[C@H](O)[C@H](O)[C@H]5O[C@@H]5O[C@@H](C)[C@@H](O)[C@@H](O)[C@@H]5O)[C@H](O)[C@H]4NC(C)=O)OC(O)[C@@H]3NC(C)=O)[C@@H]2O)O[C@H](CO)[C@@H](O[C@@H]2O[C@H](CO)[C@H](O)[C@H](O[C@@H]3O[C@H](CO)[C@@H](O)[C@H](O)[C@H]3NC(C)=O)[C@H]2O)[C@@H]1O. The summed E-state index contributed by atoms with van der Waals surface area (Å²) in [5, 5.41) is 241. The molecule has 0 aromatic heterocycles. The Morgan fingerprint density at radius 1 is 0.280 bits per heavy atom. The Balaban J connectivity index is 0.982. The van der Waals surface area contributed by atoms with Crippen LogP contribution in [0.1, 0.15) is 34.6 Å². The van der Waals surface area contributed by atoms with Crippen LogP contribution in [0.15, 0.2) is 0 Å². The van der Waals surface area contributed by atoms with Crippen molar-refractivity contribution in [1.82, 2.24) is 21.3 Å². The highest BCUT2D eigenvalue weighted by atomic mass is 16.8. The molecule has 25 N–H and O–H groups in total. The number of carbonyl (C=O) groups excluding carboxylic acids is 4. The average Bonchev–Trinajstić information content (AvgIpc) is 0.780. The maximum atomic E-state index is 12.9. The zero-order valence-corrected chi connectivity index (χ0v) is 54.2. The largest absolute Gasteiger partial charge is 0.394 e. The lowest BCUT2D eigenvalue weighted by molar-refractivity contribution is -0.385. The number of nitrogens with one attached hydrogen (secondary N) is 4. The van der Waals surface area contributed by atoms with Crippen molar-refractivity contribution < 1.29 is 197 Å². The first-order chi connectivity index (χ1) is 47.2. The van der Waals surface area contributed by atoms with Gasteiger partial charge in [-0.1, -0.05) is 0 Å². The Hall–Kier alpha value is -3.56. The Bertz CT molecular complexity index is 2620. The molecule has 8 fully saturated rings. The van der Waals surface area contributed by atoms with E-state index < -0.39 is 315 Å². The Morgan fingerprint density at radius 3 is 1.07 bits per heavy atom. The van der Waals surface area contributed by atoms with Crippen molar-refractivity contribution in [3.63, 3.8) is 0 Å². The highest BCUT2D eigenvalue weighted by molar-refractivity contribution is 5.74.